The molecule has 1 heterocycles. The number of fused-ring (bicyclic) bond motifs is 1. The summed E-state index contributed by atoms with van der Waals surface area (Å²) in [5.41, 5.74) is 6.25. The Hall–Kier alpha value is -3.99. The zero-order valence-electron chi connectivity index (χ0n) is 16.0. The van der Waals surface area contributed by atoms with Crippen molar-refractivity contribution in [3.8, 4) is 0 Å². The molecule has 142 valence electrons. The van der Waals surface area contributed by atoms with Gasteiger partial charge in [0.1, 0.15) is 0 Å². The third kappa shape index (κ3) is 4.14. The van der Waals surface area contributed by atoms with Crippen molar-refractivity contribution in [3.05, 3.63) is 112 Å². The maximum Gasteiger partial charge on any atom is 0.262 e. The summed E-state index contributed by atoms with van der Waals surface area (Å²) in [4.78, 5) is 17.1. The molecule has 3 aromatic carbocycles. The molecule has 0 aliphatic rings. The van der Waals surface area contributed by atoms with Crippen LogP contribution in [-0.4, -0.2) is 15.3 Å². The van der Waals surface area contributed by atoms with Crippen LogP contribution in [-0.2, 0) is 7.05 Å². The Bertz CT molecular complexity index is 1240. The second-order valence-electron chi connectivity index (χ2n) is 6.54. The molecule has 0 aliphatic heterocycles. The fraction of sp³-hybridized carbons (Fsp3) is 0.0417. The second kappa shape index (κ2) is 8.35. The fourth-order valence-corrected chi connectivity index (χ4v) is 2.97. The van der Waals surface area contributed by atoms with Gasteiger partial charge >= 0.3 is 0 Å². The van der Waals surface area contributed by atoms with Gasteiger partial charge in [0, 0.05) is 12.6 Å². The summed E-state index contributed by atoms with van der Waals surface area (Å²) >= 11 is 0. The van der Waals surface area contributed by atoms with Crippen LogP contribution in [0.5, 0.6) is 0 Å². The Morgan fingerprint density at radius 2 is 1.59 bits per heavy atom. The number of nitrogens with zero attached hydrogens (tertiary/aromatic N) is 3. The van der Waals surface area contributed by atoms with Gasteiger partial charge in [0.2, 0.25) is 5.95 Å². The number of hydrogen-bond donors (Lipinski definition) is 1. The second-order valence-corrected chi connectivity index (χ2v) is 6.54. The van der Waals surface area contributed by atoms with Crippen molar-refractivity contribution in [3.63, 3.8) is 0 Å². The Balaban J connectivity index is 1.72. The lowest BCUT2D eigenvalue weighted by atomic mass is 10.1. The highest BCUT2D eigenvalue weighted by molar-refractivity contribution is 6.11. The standard InChI is InChI=1S/C24H20N4O/c1-28-23(29)20-14-8-9-15-22(20)25-24(28)27-26-21(19-12-6-3-7-13-19)17-16-18-10-4-2-5-11-18/h2-17H,1H3,(H,25,27)/b17-16+,26-21-. The lowest BCUT2D eigenvalue weighted by molar-refractivity contribution is 0.846. The highest BCUT2D eigenvalue weighted by atomic mass is 16.1. The molecule has 0 unspecified atom stereocenters. The third-order valence-corrected chi connectivity index (χ3v) is 4.56. The Labute approximate surface area is 168 Å². The van der Waals surface area contributed by atoms with Gasteiger partial charge in [-0.05, 0) is 23.8 Å². The molecule has 0 fully saturated rings. The first kappa shape index (κ1) is 18.4. The molecule has 0 saturated heterocycles. The van der Waals surface area contributed by atoms with Crippen LogP contribution in [0.2, 0.25) is 0 Å². The number of hydrogen-bond acceptors (Lipinski definition) is 4. The van der Waals surface area contributed by atoms with Crippen molar-refractivity contribution in [1.29, 1.82) is 0 Å². The predicted molar refractivity (Wildman–Crippen MR) is 119 cm³/mol. The Morgan fingerprint density at radius 1 is 0.931 bits per heavy atom. The van der Waals surface area contributed by atoms with Gasteiger partial charge in [0.15, 0.2) is 0 Å². The van der Waals surface area contributed by atoms with Gasteiger partial charge in [-0.2, -0.15) is 5.10 Å². The molecule has 0 bridgehead atoms. The van der Waals surface area contributed by atoms with Gasteiger partial charge in [-0.25, -0.2) is 10.4 Å². The number of benzene rings is 3. The van der Waals surface area contributed by atoms with Crippen molar-refractivity contribution in [2.75, 3.05) is 5.43 Å². The van der Waals surface area contributed by atoms with Gasteiger partial charge in [0.05, 0.1) is 16.6 Å². The molecule has 1 N–H and O–H groups in total. The van der Waals surface area contributed by atoms with E-state index in [2.05, 4.69) is 15.5 Å². The number of allylic oxidation sites excluding steroid dienone is 1. The highest BCUT2D eigenvalue weighted by Gasteiger charge is 2.07. The summed E-state index contributed by atoms with van der Waals surface area (Å²) in [5.74, 6) is 0.384. The van der Waals surface area contributed by atoms with Crippen LogP contribution in [0.25, 0.3) is 17.0 Å². The predicted octanol–water partition coefficient (Wildman–Crippen LogP) is 4.46. The first-order valence-corrected chi connectivity index (χ1v) is 9.30. The molecule has 5 heteroatoms. The van der Waals surface area contributed by atoms with Crippen LogP contribution in [0.15, 0.2) is 101 Å². The molecular weight excluding hydrogens is 360 g/mol. The van der Waals surface area contributed by atoms with Crippen molar-refractivity contribution < 1.29 is 0 Å². The van der Waals surface area contributed by atoms with E-state index in [1.165, 1.54) is 4.57 Å². The Kier molecular flexibility index (Phi) is 5.29. The van der Waals surface area contributed by atoms with Crippen molar-refractivity contribution >= 4 is 28.6 Å². The molecular formula is C24H20N4O. The molecule has 0 aliphatic carbocycles. The van der Waals surface area contributed by atoms with Gasteiger partial charge in [-0.1, -0.05) is 78.9 Å². The zero-order valence-corrected chi connectivity index (χ0v) is 16.0. The van der Waals surface area contributed by atoms with Gasteiger partial charge in [-0.3, -0.25) is 9.36 Å². The zero-order chi connectivity index (χ0) is 20.1. The lowest BCUT2D eigenvalue weighted by Gasteiger charge is -2.09. The maximum atomic E-state index is 12.6. The van der Waals surface area contributed by atoms with Gasteiger partial charge in [0.25, 0.3) is 5.56 Å². The summed E-state index contributed by atoms with van der Waals surface area (Å²) < 4.78 is 1.47. The molecule has 4 rings (SSSR count). The summed E-state index contributed by atoms with van der Waals surface area (Å²) in [6.07, 6.45) is 3.94. The highest BCUT2D eigenvalue weighted by Crippen LogP contribution is 2.11. The van der Waals surface area contributed by atoms with Crippen LogP contribution in [0.1, 0.15) is 11.1 Å². The van der Waals surface area contributed by atoms with E-state index in [4.69, 9.17) is 0 Å². The molecule has 0 saturated carbocycles. The van der Waals surface area contributed by atoms with E-state index < -0.39 is 0 Å². The average Bonchev–Trinajstić information content (AvgIpc) is 2.78. The van der Waals surface area contributed by atoms with E-state index in [9.17, 15) is 4.79 Å². The first-order chi connectivity index (χ1) is 14.2. The molecule has 0 radical (unpaired) electrons. The van der Waals surface area contributed by atoms with E-state index in [1.54, 1.807) is 13.1 Å². The van der Waals surface area contributed by atoms with E-state index in [0.29, 0.717) is 16.9 Å². The molecule has 0 amide bonds. The van der Waals surface area contributed by atoms with Crippen LogP contribution >= 0.6 is 0 Å². The number of aromatic nitrogens is 2. The monoisotopic (exact) mass is 380 g/mol. The number of anilines is 1. The van der Waals surface area contributed by atoms with Crippen LogP contribution in [0.4, 0.5) is 5.95 Å². The number of rotatable bonds is 5. The minimum Gasteiger partial charge on any atom is -0.280 e. The normalized spacial score (nSPS) is 11.8. The topological polar surface area (TPSA) is 59.3 Å². The number of hydrazone groups is 1. The van der Waals surface area contributed by atoms with Crippen molar-refractivity contribution in [2.45, 2.75) is 0 Å². The van der Waals surface area contributed by atoms with Gasteiger partial charge in [-0.15, -0.1) is 0 Å². The molecule has 0 atom stereocenters. The van der Waals surface area contributed by atoms with E-state index >= 15 is 0 Å². The number of para-hydroxylation sites is 1. The summed E-state index contributed by atoms with van der Waals surface area (Å²) in [7, 11) is 1.68. The third-order valence-electron chi connectivity index (χ3n) is 4.56. The SMILES string of the molecule is Cn1c(N/N=C(/C=C/c2ccccc2)c2ccccc2)nc2ccccc2c1=O. The summed E-state index contributed by atoms with van der Waals surface area (Å²) in [6, 6.07) is 27.2. The molecule has 4 aromatic rings. The molecule has 29 heavy (non-hydrogen) atoms. The van der Waals surface area contributed by atoms with E-state index in [1.807, 2.05) is 91.0 Å². The van der Waals surface area contributed by atoms with Crippen LogP contribution in [0, 0.1) is 0 Å². The number of nitrogens with one attached hydrogen (secondary N) is 1. The van der Waals surface area contributed by atoms with E-state index in [-0.39, 0.29) is 5.56 Å². The maximum absolute atomic E-state index is 12.6. The van der Waals surface area contributed by atoms with Crippen LogP contribution in [0.3, 0.4) is 0 Å². The molecule has 1 aromatic heterocycles. The average molecular weight is 380 g/mol. The van der Waals surface area contributed by atoms with Crippen molar-refractivity contribution in [2.24, 2.45) is 12.1 Å². The van der Waals surface area contributed by atoms with Crippen LogP contribution < -0.4 is 11.0 Å². The smallest absolute Gasteiger partial charge is 0.262 e. The first-order valence-electron chi connectivity index (χ1n) is 9.30. The quantitative estimate of drug-likeness (QED) is 0.411. The Morgan fingerprint density at radius 3 is 2.34 bits per heavy atom. The van der Waals surface area contributed by atoms with Gasteiger partial charge < -0.3 is 0 Å². The van der Waals surface area contributed by atoms with Crippen molar-refractivity contribution in [1.82, 2.24) is 9.55 Å². The molecule has 5 nitrogen and oxygen atoms in total. The summed E-state index contributed by atoms with van der Waals surface area (Å²) in [6.45, 7) is 0. The van der Waals surface area contributed by atoms with E-state index in [0.717, 1.165) is 16.8 Å². The molecule has 0 spiro atoms. The minimum atomic E-state index is -0.116. The lowest BCUT2D eigenvalue weighted by Crippen LogP contribution is -2.21. The minimum absolute atomic E-state index is 0.116. The fourth-order valence-electron chi connectivity index (χ4n) is 2.97. The summed E-state index contributed by atoms with van der Waals surface area (Å²) in [5, 5.41) is 5.13. The largest absolute Gasteiger partial charge is 0.280 e.